The molecule has 0 aliphatic carbocycles. The molecule has 0 unspecified atom stereocenters. The third kappa shape index (κ3) is 4.83. The molecule has 0 amide bonds. The number of fused-ring (bicyclic) bond motifs is 1. The number of hydrogen-bond acceptors (Lipinski definition) is 7. The maximum Gasteiger partial charge on any atom is 0.336 e. The summed E-state index contributed by atoms with van der Waals surface area (Å²) in [5, 5.41) is 10.4. The normalized spacial score (nSPS) is 14.3. The Morgan fingerprint density at radius 3 is 2.66 bits per heavy atom. The molecule has 1 aliphatic heterocycles. The van der Waals surface area contributed by atoms with Gasteiger partial charge in [0.15, 0.2) is 5.16 Å². The number of aryl methyl sites for hydroxylation is 1. The van der Waals surface area contributed by atoms with Crippen LogP contribution < -0.4 is 10.5 Å². The molecule has 3 heterocycles. The first kappa shape index (κ1) is 23.6. The minimum Gasteiger partial charge on any atom is -0.423 e. The van der Waals surface area contributed by atoms with E-state index in [1.165, 1.54) is 29.5 Å². The van der Waals surface area contributed by atoms with Crippen LogP contribution in [-0.4, -0.2) is 41.1 Å². The summed E-state index contributed by atoms with van der Waals surface area (Å²) in [5.41, 5.74) is 4.02. The molecule has 2 aromatic heterocycles. The van der Waals surface area contributed by atoms with Crippen molar-refractivity contribution in [1.29, 1.82) is 0 Å². The summed E-state index contributed by atoms with van der Waals surface area (Å²) < 4.78 is 27.0. The lowest BCUT2D eigenvalue weighted by Crippen LogP contribution is -2.37. The monoisotopic (exact) mass is 494 g/mol. The highest BCUT2D eigenvalue weighted by atomic mass is 32.2. The fourth-order valence-electron chi connectivity index (χ4n) is 4.44. The topological polar surface area (TPSA) is 73.4 Å². The summed E-state index contributed by atoms with van der Waals surface area (Å²) in [6.45, 7) is 8.89. The highest BCUT2D eigenvalue weighted by Gasteiger charge is 2.22. The largest absolute Gasteiger partial charge is 0.423 e. The minimum absolute atomic E-state index is 0.330. The van der Waals surface area contributed by atoms with Gasteiger partial charge in [0.25, 0.3) is 0 Å². The first-order valence-corrected chi connectivity index (χ1v) is 12.6. The molecule has 4 aromatic rings. The van der Waals surface area contributed by atoms with Gasteiger partial charge in [-0.3, -0.25) is 4.57 Å². The number of nitrogens with zero attached hydrogens (tertiary/aromatic N) is 4. The predicted molar refractivity (Wildman–Crippen MR) is 135 cm³/mol. The highest BCUT2D eigenvalue weighted by Crippen LogP contribution is 2.32. The van der Waals surface area contributed by atoms with Crippen LogP contribution in [0.1, 0.15) is 36.5 Å². The van der Waals surface area contributed by atoms with Crippen molar-refractivity contribution in [3.8, 4) is 5.69 Å². The van der Waals surface area contributed by atoms with E-state index in [4.69, 9.17) is 9.15 Å². The van der Waals surface area contributed by atoms with Gasteiger partial charge in [0.05, 0.1) is 18.9 Å². The maximum atomic E-state index is 14.1. The minimum atomic E-state index is -0.384. The lowest BCUT2D eigenvalue weighted by molar-refractivity contribution is 0.122. The van der Waals surface area contributed by atoms with Crippen LogP contribution >= 0.6 is 11.8 Å². The van der Waals surface area contributed by atoms with Crippen LogP contribution in [0.5, 0.6) is 0 Å². The van der Waals surface area contributed by atoms with Gasteiger partial charge in [0.1, 0.15) is 11.4 Å². The van der Waals surface area contributed by atoms with Gasteiger partial charge in [0, 0.05) is 30.3 Å². The van der Waals surface area contributed by atoms with E-state index in [0.29, 0.717) is 60.3 Å². The molecular weight excluding hydrogens is 467 g/mol. The molecule has 0 bridgehead atoms. The van der Waals surface area contributed by atoms with Crippen LogP contribution in [0, 0.1) is 12.7 Å². The quantitative estimate of drug-likeness (QED) is 0.274. The highest BCUT2D eigenvalue weighted by molar-refractivity contribution is 7.98. The Kier molecular flexibility index (Phi) is 6.62. The van der Waals surface area contributed by atoms with Crippen molar-refractivity contribution in [1.82, 2.24) is 14.8 Å². The number of anilines is 1. The second-order valence-electron chi connectivity index (χ2n) is 8.94. The SMILES string of the molecule is Cc1cc2oc(=O)cc(CSc3nnc(N4CCOCC4)n3-c3cccc(F)c3)c2cc1C(C)C. The van der Waals surface area contributed by atoms with Gasteiger partial charge < -0.3 is 14.1 Å². The van der Waals surface area contributed by atoms with Crippen LogP contribution in [-0.2, 0) is 10.5 Å². The van der Waals surface area contributed by atoms with E-state index in [0.717, 1.165) is 16.5 Å². The Morgan fingerprint density at radius 2 is 1.91 bits per heavy atom. The number of morpholine rings is 1. The van der Waals surface area contributed by atoms with Gasteiger partial charge in [-0.2, -0.15) is 0 Å². The molecule has 0 saturated carbocycles. The predicted octanol–water partition coefficient (Wildman–Crippen LogP) is 5.07. The van der Waals surface area contributed by atoms with E-state index in [2.05, 4.69) is 35.0 Å². The molecule has 0 radical (unpaired) electrons. The number of halogens is 1. The van der Waals surface area contributed by atoms with Crippen molar-refractivity contribution in [3.05, 3.63) is 75.4 Å². The number of aromatic nitrogens is 3. The number of benzene rings is 2. The fourth-order valence-corrected chi connectivity index (χ4v) is 5.38. The standard InChI is InChI=1S/C26H27FN4O3S/c1-16(2)21-14-22-18(12-24(32)34-23(22)11-17(21)3)15-35-26-29-28-25(30-7-9-33-10-8-30)31(26)20-6-4-5-19(27)13-20/h4-6,11-14,16H,7-10,15H2,1-3H3. The summed E-state index contributed by atoms with van der Waals surface area (Å²) in [5.74, 6) is 1.15. The lowest BCUT2D eigenvalue weighted by Gasteiger charge is -2.27. The molecule has 5 rings (SSSR count). The summed E-state index contributed by atoms with van der Waals surface area (Å²) in [6.07, 6.45) is 0. The summed E-state index contributed by atoms with van der Waals surface area (Å²) in [6, 6.07) is 12.0. The number of ether oxygens (including phenoxy) is 1. The first-order chi connectivity index (χ1) is 16.9. The van der Waals surface area contributed by atoms with E-state index >= 15 is 0 Å². The Labute approximate surface area is 206 Å². The second kappa shape index (κ2) is 9.83. The van der Waals surface area contributed by atoms with E-state index in [-0.39, 0.29) is 11.4 Å². The number of rotatable bonds is 6. The molecule has 7 nitrogen and oxygen atoms in total. The Bertz CT molecular complexity index is 1430. The van der Waals surface area contributed by atoms with Crippen molar-refractivity contribution in [2.45, 2.75) is 37.6 Å². The molecular formula is C26H27FN4O3S. The molecule has 2 aromatic carbocycles. The molecule has 182 valence electrons. The van der Waals surface area contributed by atoms with Crippen molar-refractivity contribution in [3.63, 3.8) is 0 Å². The average Bonchev–Trinajstić information content (AvgIpc) is 3.26. The molecule has 9 heteroatoms. The zero-order valence-corrected chi connectivity index (χ0v) is 20.8. The van der Waals surface area contributed by atoms with Crippen LogP contribution in [0.3, 0.4) is 0 Å². The van der Waals surface area contributed by atoms with Crippen LogP contribution in [0.15, 0.2) is 56.8 Å². The van der Waals surface area contributed by atoms with Crippen LogP contribution in [0.2, 0.25) is 0 Å². The van der Waals surface area contributed by atoms with E-state index in [1.54, 1.807) is 12.1 Å². The fraction of sp³-hybridized carbons (Fsp3) is 0.346. The second-order valence-corrected chi connectivity index (χ2v) is 9.88. The van der Waals surface area contributed by atoms with Gasteiger partial charge in [-0.05, 0) is 59.9 Å². The zero-order chi connectivity index (χ0) is 24.5. The summed E-state index contributed by atoms with van der Waals surface area (Å²) >= 11 is 1.46. The molecule has 0 spiro atoms. The third-order valence-electron chi connectivity index (χ3n) is 6.17. The van der Waals surface area contributed by atoms with Gasteiger partial charge in [-0.25, -0.2) is 9.18 Å². The summed E-state index contributed by atoms with van der Waals surface area (Å²) in [7, 11) is 0. The Balaban J connectivity index is 1.54. The average molecular weight is 495 g/mol. The van der Waals surface area contributed by atoms with Gasteiger partial charge in [-0.1, -0.05) is 31.7 Å². The first-order valence-electron chi connectivity index (χ1n) is 11.6. The summed E-state index contributed by atoms with van der Waals surface area (Å²) in [4.78, 5) is 14.4. The smallest absolute Gasteiger partial charge is 0.336 e. The van der Waals surface area contributed by atoms with Crippen molar-refractivity contribution >= 4 is 28.7 Å². The van der Waals surface area contributed by atoms with Gasteiger partial charge in [0.2, 0.25) is 5.95 Å². The Morgan fingerprint density at radius 1 is 1.11 bits per heavy atom. The van der Waals surface area contributed by atoms with E-state index < -0.39 is 0 Å². The molecule has 1 saturated heterocycles. The molecule has 35 heavy (non-hydrogen) atoms. The maximum absolute atomic E-state index is 14.1. The van der Waals surface area contributed by atoms with Crippen molar-refractivity contribution in [2.24, 2.45) is 0 Å². The lowest BCUT2D eigenvalue weighted by atomic mass is 9.95. The van der Waals surface area contributed by atoms with Gasteiger partial charge >= 0.3 is 5.63 Å². The molecule has 1 aliphatic rings. The Hall–Kier alpha value is -3.17. The van der Waals surface area contributed by atoms with E-state index in [1.807, 2.05) is 23.6 Å². The van der Waals surface area contributed by atoms with E-state index in [9.17, 15) is 9.18 Å². The molecule has 1 fully saturated rings. The van der Waals surface area contributed by atoms with Crippen molar-refractivity contribution in [2.75, 3.05) is 31.2 Å². The number of thioether (sulfide) groups is 1. The van der Waals surface area contributed by atoms with Crippen LogP contribution in [0.25, 0.3) is 16.7 Å². The number of hydrogen-bond donors (Lipinski definition) is 0. The molecule has 0 N–H and O–H groups in total. The van der Waals surface area contributed by atoms with Gasteiger partial charge in [-0.15, -0.1) is 10.2 Å². The van der Waals surface area contributed by atoms with Crippen LogP contribution in [0.4, 0.5) is 10.3 Å². The molecule has 0 atom stereocenters. The van der Waals surface area contributed by atoms with Crippen molar-refractivity contribution < 1.29 is 13.5 Å². The third-order valence-corrected chi connectivity index (χ3v) is 7.15. The zero-order valence-electron chi connectivity index (χ0n) is 20.0.